The van der Waals surface area contributed by atoms with Crippen LogP contribution in [0.15, 0.2) is 36.7 Å². The molecule has 0 aliphatic heterocycles. The van der Waals surface area contributed by atoms with Gasteiger partial charge in [0.05, 0.1) is 16.9 Å². The Kier molecular flexibility index (Phi) is 4.89. The van der Waals surface area contributed by atoms with E-state index in [0.717, 1.165) is 5.69 Å². The van der Waals surface area contributed by atoms with Crippen molar-refractivity contribution in [3.05, 3.63) is 51.6 Å². The van der Waals surface area contributed by atoms with Crippen LogP contribution < -0.4 is 10.6 Å². The van der Waals surface area contributed by atoms with Crippen molar-refractivity contribution in [2.45, 2.75) is 6.92 Å². The van der Waals surface area contributed by atoms with E-state index in [4.69, 9.17) is 0 Å². The van der Waals surface area contributed by atoms with E-state index in [1.807, 2.05) is 29.5 Å². The number of anilines is 2. The van der Waals surface area contributed by atoms with Gasteiger partial charge in [-0.3, -0.25) is 9.78 Å². The Hall–Kier alpha value is -1.70. The van der Waals surface area contributed by atoms with Gasteiger partial charge >= 0.3 is 0 Å². The van der Waals surface area contributed by atoms with Crippen LogP contribution in [0.1, 0.15) is 17.3 Å². The largest absolute Gasteiger partial charge is 0.385 e. The van der Waals surface area contributed by atoms with Crippen LogP contribution in [0.5, 0.6) is 0 Å². The third-order valence-electron chi connectivity index (χ3n) is 2.61. The smallest absolute Gasteiger partial charge is 0.259 e. The Bertz CT molecular complexity index is 634. The fourth-order valence-corrected chi connectivity index (χ4v) is 2.31. The van der Waals surface area contributed by atoms with Crippen molar-refractivity contribution in [1.82, 2.24) is 4.98 Å². The molecule has 4 nitrogen and oxygen atoms in total. The molecule has 0 bridgehead atoms. The van der Waals surface area contributed by atoms with Gasteiger partial charge in [-0.2, -0.15) is 0 Å². The van der Waals surface area contributed by atoms with Gasteiger partial charge in [-0.25, -0.2) is 4.39 Å². The van der Waals surface area contributed by atoms with E-state index in [1.54, 1.807) is 12.3 Å². The van der Waals surface area contributed by atoms with E-state index in [1.165, 1.54) is 24.4 Å². The molecular formula is C14H13FIN3O. The topological polar surface area (TPSA) is 54.0 Å². The Labute approximate surface area is 129 Å². The normalized spacial score (nSPS) is 10.2. The second kappa shape index (κ2) is 6.65. The number of carbonyl (C=O) groups is 1. The minimum Gasteiger partial charge on any atom is -0.385 e. The molecule has 0 fully saturated rings. The van der Waals surface area contributed by atoms with Crippen molar-refractivity contribution in [2.24, 2.45) is 0 Å². The highest BCUT2D eigenvalue weighted by Gasteiger charge is 2.13. The summed E-state index contributed by atoms with van der Waals surface area (Å²) in [6.45, 7) is 2.66. The van der Waals surface area contributed by atoms with E-state index in [2.05, 4.69) is 15.6 Å². The first-order chi connectivity index (χ1) is 9.61. The van der Waals surface area contributed by atoms with Crippen molar-refractivity contribution in [3.63, 3.8) is 0 Å². The molecule has 1 aromatic carbocycles. The zero-order chi connectivity index (χ0) is 14.5. The number of benzene rings is 1. The number of hydrogen-bond donors (Lipinski definition) is 2. The second-order valence-electron chi connectivity index (χ2n) is 4.03. The fourth-order valence-electron chi connectivity index (χ4n) is 1.70. The molecule has 0 aliphatic rings. The summed E-state index contributed by atoms with van der Waals surface area (Å²) in [6, 6.07) is 5.96. The van der Waals surface area contributed by atoms with Crippen LogP contribution in [0.3, 0.4) is 0 Å². The molecule has 0 aliphatic carbocycles. The van der Waals surface area contributed by atoms with Crippen LogP contribution in [0.2, 0.25) is 0 Å². The molecule has 1 aromatic heterocycles. The number of nitrogens with zero attached hydrogens (tertiary/aromatic N) is 1. The van der Waals surface area contributed by atoms with E-state index >= 15 is 0 Å². The van der Waals surface area contributed by atoms with Crippen LogP contribution in [0.25, 0.3) is 0 Å². The van der Waals surface area contributed by atoms with Gasteiger partial charge in [0.2, 0.25) is 0 Å². The minimum atomic E-state index is -0.331. The quantitative estimate of drug-likeness (QED) is 0.793. The highest BCUT2D eigenvalue weighted by molar-refractivity contribution is 14.1. The highest BCUT2D eigenvalue weighted by Crippen LogP contribution is 2.21. The van der Waals surface area contributed by atoms with Gasteiger partial charge in [0.1, 0.15) is 5.82 Å². The monoisotopic (exact) mass is 385 g/mol. The summed E-state index contributed by atoms with van der Waals surface area (Å²) in [7, 11) is 0. The third-order valence-corrected chi connectivity index (χ3v) is 3.50. The molecule has 0 unspecified atom stereocenters. The Balaban J connectivity index is 2.24. The van der Waals surface area contributed by atoms with Crippen LogP contribution in [-0.2, 0) is 0 Å². The van der Waals surface area contributed by atoms with E-state index in [9.17, 15) is 9.18 Å². The van der Waals surface area contributed by atoms with E-state index < -0.39 is 0 Å². The lowest BCUT2D eigenvalue weighted by molar-refractivity contribution is 0.102. The third kappa shape index (κ3) is 3.44. The van der Waals surface area contributed by atoms with E-state index in [-0.39, 0.29) is 11.7 Å². The van der Waals surface area contributed by atoms with Crippen molar-refractivity contribution in [2.75, 3.05) is 17.2 Å². The number of nitrogens with one attached hydrogen (secondary N) is 2. The average Bonchev–Trinajstić information content (AvgIpc) is 2.43. The zero-order valence-electron chi connectivity index (χ0n) is 10.8. The molecule has 0 spiro atoms. The van der Waals surface area contributed by atoms with Crippen molar-refractivity contribution in [3.8, 4) is 0 Å². The summed E-state index contributed by atoms with van der Waals surface area (Å²) in [6.07, 6.45) is 3.13. The standard InChI is InChI=1S/C14H13FIN3O/c1-2-18-12-5-6-17-8-10(12)14(20)19-13-4-3-9(15)7-11(13)16/h3-8H,2H2,1H3,(H,17,18)(H,19,20). The lowest BCUT2D eigenvalue weighted by atomic mass is 10.2. The number of carbonyl (C=O) groups excluding carboxylic acids is 1. The highest BCUT2D eigenvalue weighted by atomic mass is 127. The SMILES string of the molecule is CCNc1ccncc1C(=O)Nc1ccc(F)cc1I. The molecule has 2 rings (SSSR count). The number of halogens is 2. The number of rotatable bonds is 4. The molecule has 0 saturated carbocycles. The Morgan fingerprint density at radius 3 is 2.85 bits per heavy atom. The minimum absolute atomic E-state index is 0.279. The maximum absolute atomic E-state index is 13.0. The first-order valence-electron chi connectivity index (χ1n) is 6.06. The number of hydrogen-bond acceptors (Lipinski definition) is 3. The molecule has 0 atom stereocenters. The molecular weight excluding hydrogens is 372 g/mol. The first-order valence-corrected chi connectivity index (χ1v) is 7.14. The maximum Gasteiger partial charge on any atom is 0.259 e. The molecule has 2 aromatic rings. The maximum atomic E-state index is 13.0. The fraction of sp³-hybridized carbons (Fsp3) is 0.143. The summed E-state index contributed by atoms with van der Waals surface area (Å²) in [5, 5.41) is 5.86. The van der Waals surface area contributed by atoms with Crippen molar-refractivity contribution < 1.29 is 9.18 Å². The van der Waals surface area contributed by atoms with Crippen molar-refractivity contribution >= 4 is 39.9 Å². The Morgan fingerprint density at radius 1 is 1.35 bits per heavy atom. The van der Waals surface area contributed by atoms with E-state index in [0.29, 0.717) is 21.4 Å². The predicted molar refractivity (Wildman–Crippen MR) is 85.5 cm³/mol. The molecule has 6 heteroatoms. The summed E-state index contributed by atoms with van der Waals surface area (Å²) >= 11 is 1.98. The van der Waals surface area contributed by atoms with Gasteiger partial charge in [0.25, 0.3) is 5.91 Å². The lowest BCUT2D eigenvalue weighted by Crippen LogP contribution is -2.15. The second-order valence-corrected chi connectivity index (χ2v) is 5.19. The lowest BCUT2D eigenvalue weighted by Gasteiger charge is -2.11. The van der Waals surface area contributed by atoms with Gasteiger partial charge in [0, 0.05) is 22.5 Å². The van der Waals surface area contributed by atoms with Gasteiger partial charge in [-0.1, -0.05) is 0 Å². The molecule has 104 valence electrons. The van der Waals surface area contributed by atoms with Crippen LogP contribution >= 0.6 is 22.6 Å². The molecule has 20 heavy (non-hydrogen) atoms. The van der Waals surface area contributed by atoms with Gasteiger partial charge in [-0.15, -0.1) is 0 Å². The van der Waals surface area contributed by atoms with Crippen LogP contribution in [0, 0.1) is 9.39 Å². The van der Waals surface area contributed by atoms with Crippen molar-refractivity contribution in [1.29, 1.82) is 0 Å². The number of pyridine rings is 1. The summed E-state index contributed by atoms with van der Waals surface area (Å²) in [4.78, 5) is 16.2. The summed E-state index contributed by atoms with van der Waals surface area (Å²) < 4.78 is 13.7. The number of aromatic nitrogens is 1. The molecule has 1 amide bonds. The van der Waals surface area contributed by atoms with Crippen LogP contribution in [-0.4, -0.2) is 17.4 Å². The molecule has 0 saturated heterocycles. The first kappa shape index (κ1) is 14.7. The summed E-state index contributed by atoms with van der Waals surface area (Å²) in [5.74, 6) is -0.610. The molecule has 1 heterocycles. The predicted octanol–water partition coefficient (Wildman–Crippen LogP) is 3.51. The van der Waals surface area contributed by atoms with Crippen LogP contribution in [0.4, 0.5) is 15.8 Å². The average molecular weight is 385 g/mol. The van der Waals surface area contributed by atoms with Gasteiger partial charge < -0.3 is 10.6 Å². The summed E-state index contributed by atoms with van der Waals surface area (Å²) in [5.41, 5.74) is 1.75. The zero-order valence-corrected chi connectivity index (χ0v) is 12.9. The molecule has 0 radical (unpaired) electrons. The van der Waals surface area contributed by atoms with Gasteiger partial charge in [0.15, 0.2) is 0 Å². The van der Waals surface area contributed by atoms with Gasteiger partial charge in [-0.05, 0) is 53.8 Å². The number of amides is 1. The Morgan fingerprint density at radius 2 is 2.15 bits per heavy atom. The molecule has 2 N–H and O–H groups in total.